The van der Waals surface area contributed by atoms with Crippen molar-refractivity contribution in [1.82, 2.24) is 0 Å². The number of hydrogen-bond acceptors (Lipinski definition) is 4. The third-order valence-corrected chi connectivity index (χ3v) is 0. The largest absolute Gasteiger partial charge is 1.00 e. The molecule has 0 aliphatic rings. The molecule has 0 aromatic carbocycles. The molecule has 0 radical (unpaired) electrons. The van der Waals surface area contributed by atoms with Gasteiger partial charge in [0, 0.05) is 21.7 Å². The molecule has 0 saturated heterocycles. The topological polar surface area (TPSA) is 92.2 Å². The van der Waals surface area contributed by atoms with Gasteiger partial charge in [0.25, 0.3) is 0 Å². The van der Waals surface area contributed by atoms with Crippen molar-refractivity contribution in [2.45, 2.75) is 0 Å². The van der Waals surface area contributed by atoms with Crippen molar-refractivity contribution in [1.29, 1.82) is 0 Å². The van der Waals surface area contributed by atoms with Gasteiger partial charge in [-0.25, -0.2) is 18.6 Å². The summed E-state index contributed by atoms with van der Waals surface area (Å²) in [6, 6.07) is 0. The summed E-state index contributed by atoms with van der Waals surface area (Å²) < 4.78 is 34.0. The van der Waals surface area contributed by atoms with Gasteiger partial charge in [0.05, 0.1) is 0 Å². The van der Waals surface area contributed by atoms with Crippen molar-refractivity contribution in [3.63, 3.8) is 0 Å². The zero-order valence-corrected chi connectivity index (χ0v) is 8.95. The second-order valence-corrected chi connectivity index (χ2v) is 1.13. The maximum Gasteiger partial charge on any atom is 1.00 e. The molecule has 7 heavy (non-hydrogen) atoms. The Labute approximate surface area is 99.9 Å². The predicted molar refractivity (Wildman–Crippen MR) is 0 cm³/mol. The van der Waals surface area contributed by atoms with E-state index in [-0.39, 0.29) is 73.1 Å². The maximum absolute atomic E-state index is 8.49. The molecule has 0 aliphatic heterocycles. The van der Waals surface area contributed by atoms with Gasteiger partial charge in [0.1, 0.15) is 0 Å². The van der Waals surface area contributed by atoms with E-state index in [1.807, 2.05) is 0 Å². The predicted octanol–water partition coefficient (Wildman–Crippen LogP) is -7.75. The van der Waals surface area contributed by atoms with Crippen molar-refractivity contribution in [2.75, 3.05) is 0 Å². The first-order valence-corrected chi connectivity index (χ1v) is 1.85. The molecule has 7 heteroatoms. The van der Waals surface area contributed by atoms with Crippen molar-refractivity contribution in [3.8, 4) is 0 Å². The van der Waals surface area contributed by atoms with Crippen molar-refractivity contribution in [2.24, 2.45) is 0 Å². The van der Waals surface area contributed by atoms with Crippen LogP contribution in [0.15, 0.2) is 0 Å². The summed E-state index contributed by atoms with van der Waals surface area (Å²) in [6.45, 7) is 0. The Morgan fingerprint density at radius 2 is 0.857 bits per heavy atom. The van der Waals surface area contributed by atoms with Gasteiger partial charge in [-0.1, -0.05) is 0 Å². The molecule has 4 nitrogen and oxygen atoms in total. The van der Waals surface area contributed by atoms with Crippen LogP contribution in [0.5, 0.6) is 0 Å². The molecule has 0 rings (SSSR count). The van der Waals surface area contributed by atoms with Crippen LogP contribution in [0.4, 0.5) is 0 Å². The SMILES string of the molecule is [K+].[O-][Cl+3]([O-])([O-])[O-].[Ti]. The zero-order chi connectivity index (χ0) is 4.50. The summed E-state index contributed by atoms with van der Waals surface area (Å²) >= 11 is 0. The zero-order valence-electron chi connectivity index (χ0n) is 3.51. The molecule has 0 aromatic rings. The molecule has 0 fully saturated rings. The Morgan fingerprint density at radius 3 is 0.857 bits per heavy atom. The van der Waals surface area contributed by atoms with Crippen LogP contribution < -0.4 is 70.0 Å². The average Bonchev–Trinajstić information content (AvgIpc) is 0.722. The molecule has 0 aromatic heterocycles. The molecular weight excluding hydrogens is 186 g/mol. The Kier molecular flexibility index (Phi) is 15.3. The molecule has 0 saturated carbocycles. The van der Waals surface area contributed by atoms with Gasteiger partial charge in [-0.05, 0) is 0 Å². The van der Waals surface area contributed by atoms with E-state index < -0.39 is 10.2 Å². The minimum atomic E-state index is -4.94. The van der Waals surface area contributed by atoms with Crippen LogP contribution in [-0.2, 0) is 21.7 Å². The van der Waals surface area contributed by atoms with E-state index in [0.717, 1.165) is 0 Å². The molecule has 0 amide bonds. The second-order valence-electron chi connectivity index (χ2n) is 0.378. The summed E-state index contributed by atoms with van der Waals surface area (Å²) in [5.41, 5.74) is 0. The van der Waals surface area contributed by atoms with Gasteiger partial charge in [0.15, 0.2) is 0 Å². The summed E-state index contributed by atoms with van der Waals surface area (Å²) in [6.07, 6.45) is 0. The van der Waals surface area contributed by atoms with Crippen LogP contribution >= 0.6 is 0 Å². The van der Waals surface area contributed by atoms with Crippen molar-refractivity contribution < 1.29 is 102 Å². The van der Waals surface area contributed by atoms with Crippen LogP contribution in [0.1, 0.15) is 0 Å². The fraction of sp³-hybridized carbons (Fsp3) is 0. The first-order chi connectivity index (χ1) is 2.00. The Bertz CT molecular complexity index is 27.2. The van der Waals surface area contributed by atoms with Crippen LogP contribution in [0.2, 0.25) is 0 Å². The van der Waals surface area contributed by atoms with E-state index in [1.54, 1.807) is 0 Å². The van der Waals surface area contributed by atoms with E-state index in [0.29, 0.717) is 0 Å². The fourth-order valence-corrected chi connectivity index (χ4v) is 0. The molecule has 0 aliphatic carbocycles. The van der Waals surface area contributed by atoms with Crippen molar-refractivity contribution in [3.05, 3.63) is 0 Å². The first-order valence-electron chi connectivity index (χ1n) is 0.617. The van der Waals surface area contributed by atoms with Crippen LogP contribution in [0, 0.1) is 10.2 Å². The van der Waals surface area contributed by atoms with Gasteiger partial charge >= 0.3 is 51.4 Å². The smallest absolute Gasteiger partial charge is 0.222 e. The van der Waals surface area contributed by atoms with E-state index in [2.05, 4.69) is 0 Å². The van der Waals surface area contributed by atoms with Gasteiger partial charge in [-0.3, -0.25) is 0 Å². The third kappa shape index (κ3) is 57.9. The summed E-state index contributed by atoms with van der Waals surface area (Å²) in [5, 5.41) is 0. The van der Waals surface area contributed by atoms with Crippen LogP contribution in [-0.4, -0.2) is 0 Å². The third-order valence-electron chi connectivity index (χ3n) is 0. The Balaban J connectivity index is -0.0000000800. The van der Waals surface area contributed by atoms with Gasteiger partial charge in [-0.2, -0.15) is 0 Å². The Hall–Kier alpha value is 2.48. The normalized spacial score (nSPS) is 8.57. The quantitative estimate of drug-likeness (QED) is 0.351. The molecule has 0 bridgehead atoms. The molecule has 0 N–H and O–H groups in total. The van der Waals surface area contributed by atoms with E-state index >= 15 is 0 Å². The fourth-order valence-electron chi connectivity index (χ4n) is 0. The molecule has 0 heterocycles. The van der Waals surface area contributed by atoms with Gasteiger partial charge < -0.3 is 0 Å². The van der Waals surface area contributed by atoms with E-state index in [9.17, 15) is 0 Å². The first kappa shape index (κ1) is 16.2. The standard InChI is InChI=1S/ClHO4.K.Ti/c2-1(3,4)5;;/h(H,2,3,4,5);;/q;+1;/p-1. The van der Waals surface area contributed by atoms with Crippen LogP contribution in [0.3, 0.4) is 0 Å². The minimum Gasteiger partial charge on any atom is -0.222 e. The average molecular weight is 186 g/mol. The molecule has 36 valence electrons. The number of halogens is 1. The molecule has 0 unspecified atom stereocenters. The Morgan fingerprint density at radius 1 is 0.857 bits per heavy atom. The van der Waals surface area contributed by atoms with Gasteiger partial charge in [-0.15, -0.1) is 10.2 Å². The minimum absolute atomic E-state index is 0. The molecular formula is ClKO4Ti. The molecule has 0 spiro atoms. The van der Waals surface area contributed by atoms with Crippen LogP contribution in [0.25, 0.3) is 0 Å². The summed E-state index contributed by atoms with van der Waals surface area (Å²) in [4.78, 5) is 0. The number of rotatable bonds is 0. The summed E-state index contributed by atoms with van der Waals surface area (Å²) in [5.74, 6) is 0. The van der Waals surface area contributed by atoms with E-state index in [1.165, 1.54) is 0 Å². The molecule has 0 atom stereocenters. The van der Waals surface area contributed by atoms with Crippen molar-refractivity contribution >= 4 is 0 Å². The van der Waals surface area contributed by atoms with E-state index in [4.69, 9.17) is 18.6 Å². The van der Waals surface area contributed by atoms with Gasteiger partial charge in [0.2, 0.25) is 0 Å². The second kappa shape index (κ2) is 6.60. The monoisotopic (exact) mass is 186 g/mol. The summed E-state index contributed by atoms with van der Waals surface area (Å²) in [7, 11) is -4.94. The number of hydrogen-bond donors (Lipinski definition) is 0. The maximum atomic E-state index is 8.49.